The quantitative estimate of drug-likeness (QED) is 0.695. The third-order valence-corrected chi connectivity index (χ3v) is 3.59. The van der Waals surface area contributed by atoms with Gasteiger partial charge in [0.1, 0.15) is 25.4 Å². The van der Waals surface area contributed by atoms with Crippen molar-refractivity contribution in [3.8, 4) is 0 Å². The molecule has 2 rings (SSSR count). The number of rotatable bonds is 6. The fraction of sp³-hybridized carbons (Fsp3) is 1.00. The van der Waals surface area contributed by atoms with Crippen LogP contribution in [0.2, 0.25) is 0 Å². The molecule has 0 radical (unpaired) electrons. The van der Waals surface area contributed by atoms with Crippen molar-refractivity contribution in [1.82, 2.24) is 0 Å². The summed E-state index contributed by atoms with van der Waals surface area (Å²) in [7, 11) is -2.20. The van der Waals surface area contributed by atoms with Gasteiger partial charge in [-0.25, -0.2) is 0 Å². The molecule has 0 spiro atoms. The van der Waals surface area contributed by atoms with Gasteiger partial charge in [0.2, 0.25) is 0 Å². The van der Waals surface area contributed by atoms with Gasteiger partial charge in [0.15, 0.2) is 11.6 Å². The lowest BCUT2D eigenvalue weighted by Gasteiger charge is -2.16. The van der Waals surface area contributed by atoms with Crippen LogP contribution in [0.4, 0.5) is 0 Å². The van der Waals surface area contributed by atoms with Gasteiger partial charge in [-0.3, -0.25) is 0 Å². The van der Waals surface area contributed by atoms with E-state index in [0.717, 1.165) is 0 Å². The second kappa shape index (κ2) is 6.32. The van der Waals surface area contributed by atoms with E-state index in [9.17, 15) is 4.57 Å². The number of hydrogen-bond acceptors (Lipinski definition) is 7. The van der Waals surface area contributed by atoms with Gasteiger partial charge in [-0.15, -0.1) is 9.05 Å². The van der Waals surface area contributed by atoms with Crippen LogP contribution in [-0.2, 0) is 32.6 Å². The standard InChI is InChI=1S/C12H22O7P/c1-11(2)14-5-9(18-11)7-16-20(13)17-8-10-6-15-12(3,4)19-10/h9-10H,5-8H2,1-4H3/q+1. The zero-order valence-electron chi connectivity index (χ0n) is 12.3. The minimum atomic E-state index is -2.20. The van der Waals surface area contributed by atoms with Gasteiger partial charge >= 0.3 is 8.25 Å². The maximum atomic E-state index is 11.6. The predicted octanol–water partition coefficient (Wildman–Crippen LogP) is 1.98. The summed E-state index contributed by atoms with van der Waals surface area (Å²) in [6.07, 6.45) is -0.449. The molecular weight excluding hydrogens is 287 g/mol. The molecule has 2 heterocycles. The van der Waals surface area contributed by atoms with E-state index in [4.69, 9.17) is 28.0 Å². The van der Waals surface area contributed by atoms with Gasteiger partial charge in [-0.05, 0) is 27.7 Å². The van der Waals surface area contributed by atoms with E-state index in [2.05, 4.69) is 0 Å². The lowest BCUT2D eigenvalue weighted by molar-refractivity contribution is -0.142. The molecule has 116 valence electrons. The molecule has 0 bridgehead atoms. The van der Waals surface area contributed by atoms with E-state index in [1.165, 1.54) is 0 Å². The maximum Gasteiger partial charge on any atom is 0.697 e. The molecule has 2 unspecified atom stereocenters. The Morgan fingerprint density at radius 1 is 0.950 bits per heavy atom. The largest absolute Gasteiger partial charge is 0.697 e. The molecule has 2 saturated heterocycles. The highest BCUT2D eigenvalue weighted by Crippen LogP contribution is 2.30. The first kappa shape index (κ1) is 16.2. The summed E-state index contributed by atoms with van der Waals surface area (Å²) in [5.41, 5.74) is 0. The highest BCUT2D eigenvalue weighted by molar-refractivity contribution is 7.33. The lowest BCUT2D eigenvalue weighted by Crippen LogP contribution is -2.24. The van der Waals surface area contributed by atoms with E-state index in [0.29, 0.717) is 13.2 Å². The van der Waals surface area contributed by atoms with Crippen LogP contribution in [0.1, 0.15) is 27.7 Å². The first-order valence-electron chi connectivity index (χ1n) is 6.62. The van der Waals surface area contributed by atoms with Crippen LogP contribution in [0.3, 0.4) is 0 Å². The monoisotopic (exact) mass is 309 g/mol. The van der Waals surface area contributed by atoms with E-state index < -0.39 is 19.8 Å². The molecule has 0 aromatic heterocycles. The Morgan fingerprint density at radius 3 is 1.65 bits per heavy atom. The molecule has 0 N–H and O–H groups in total. The van der Waals surface area contributed by atoms with Crippen molar-refractivity contribution in [2.24, 2.45) is 0 Å². The van der Waals surface area contributed by atoms with Crippen LogP contribution >= 0.6 is 8.25 Å². The van der Waals surface area contributed by atoms with Crippen LogP contribution in [-0.4, -0.2) is 50.2 Å². The molecule has 20 heavy (non-hydrogen) atoms. The van der Waals surface area contributed by atoms with E-state index in [1.807, 2.05) is 27.7 Å². The minimum absolute atomic E-state index is 0.173. The fourth-order valence-corrected chi connectivity index (χ4v) is 2.67. The van der Waals surface area contributed by atoms with Crippen LogP contribution in [0, 0.1) is 0 Å². The molecule has 8 heteroatoms. The Kier molecular flexibility index (Phi) is 5.13. The first-order valence-corrected chi connectivity index (χ1v) is 7.72. The highest BCUT2D eigenvalue weighted by atomic mass is 31.1. The normalized spacial score (nSPS) is 32.5. The molecule has 2 aliphatic rings. The van der Waals surface area contributed by atoms with E-state index in [1.54, 1.807) is 0 Å². The summed E-state index contributed by atoms with van der Waals surface area (Å²) in [6.45, 7) is 8.48. The van der Waals surface area contributed by atoms with Gasteiger partial charge in [0.05, 0.1) is 13.2 Å². The smallest absolute Gasteiger partial charge is 0.348 e. The van der Waals surface area contributed by atoms with Crippen molar-refractivity contribution < 1.29 is 32.6 Å². The molecule has 0 saturated carbocycles. The van der Waals surface area contributed by atoms with Crippen molar-refractivity contribution in [3.63, 3.8) is 0 Å². The molecule has 7 nitrogen and oxygen atoms in total. The van der Waals surface area contributed by atoms with Crippen LogP contribution in [0.5, 0.6) is 0 Å². The highest BCUT2D eigenvalue weighted by Gasteiger charge is 2.37. The predicted molar refractivity (Wildman–Crippen MR) is 69.3 cm³/mol. The summed E-state index contributed by atoms with van der Waals surface area (Å²) < 4.78 is 43.6. The van der Waals surface area contributed by atoms with Crippen LogP contribution in [0.25, 0.3) is 0 Å². The first-order chi connectivity index (χ1) is 9.26. The second-order valence-electron chi connectivity index (χ2n) is 5.72. The Bertz CT molecular complexity index is 326. The van der Waals surface area contributed by atoms with Gasteiger partial charge in [0, 0.05) is 4.57 Å². The molecule has 0 aliphatic carbocycles. The van der Waals surface area contributed by atoms with E-state index in [-0.39, 0.29) is 25.4 Å². The zero-order chi connectivity index (χ0) is 14.8. The SMILES string of the molecule is CC1(C)OCC(CO[P+](=O)OCC2COC(C)(C)O2)O1. The molecule has 0 amide bonds. The summed E-state index contributed by atoms with van der Waals surface area (Å²) in [5, 5.41) is 0. The summed E-state index contributed by atoms with van der Waals surface area (Å²) >= 11 is 0. The fourth-order valence-electron chi connectivity index (χ4n) is 2.02. The van der Waals surface area contributed by atoms with Crippen LogP contribution in [0.15, 0.2) is 0 Å². The molecule has 0 aromatic carbocycles. The number of hydrogen-bond donors (Lipinski definition) is 0. The zero-order valence-corrected chi connectivity index (χ0v) is 13.2. The Morgan fingerprint density at radius 2 is 1.35 bits per heavy atom. The van der Waals surface area contributed by atoms with Crippen molar-refractivity contribution in [2.45, 2.75) is 51.5 Å². The average Bonchev–Trinajstić information content (AvgIpc) is 2.86. The molecule has 2 aliphatic heterocycles. The summed E-state index contributed by atoms with van der Waals surface area (Å²) in [5.74, 6) is -1.22. The lowest BCUT2D eigenvalue weighted by atomic mass is 10.4. The molecule has 2 fully saturated rings. The molecular formula is C12H22O7P+. The average molecular weight is 309 g/mol. The van der Waals surface area contributed by atoms with Crippen LogP contribution < -0.4 is 0 Å². The Hall–Kier alpha value is -0.140. The maximum absolute atomic E-state index is 11.6. The van der Waals surface area contributed by atoms with Crippen molar-refractivity contribution >= 4 is 8.25 Å². The minimum Gasteiger partial charge on any atom is -0.348 e. The van der Waals surface area contributed by atoms with Gasteiger partial charge < -0.3 is 18.9 Å². The van der Waals surface area contributed by atoms with Gasteiger partial charge in [-0.2, -0.15) is 0 Å². The van der Waals surface area contributed by atoms with Crippen molar-refractivity contribution in [1.29, 1.82) is 0 Å². The third kappa shape index (κ3) is 5.00. The Labute approximate surface area is 119 Å². The molecule has 2 atom stereocenters. The number of ether oxygens (including phenoxy) is 4. The Balaban J connectivity index is 1.59. The topological polar surface area (TPSA) is 72.5 Å². The van der Waals surface area contributed by atoms with E-state index >= 15 is 0 Å². The van der Waals surface area contributed by atoms with Gasteiger partial charge in [0.25, 0.3) is 0 Å². The van der Waals surface area contributed by atoms with Crippen molar-refractivity contribution in [2.75, 3.05) is 26.4 Å². The second-order valence-corrected chi connectivity index (χ2v) is 6.68. The van der Waals surface area contributed by atoms with Crippen molar-refractivity contribution in [3.05, 3.63) is 0 Å². The summed E-state index contributed by atoms with van der Waals surface area (Å²) in [4.78, 5) is 0. The van der Waals surface area contributed by atoms with Gasteiger partial charge in [-0.1, -0.05) is 0 Å². The summed E-state index contributed by atoms with van der Waals surface area (Å²) in [6, 6.07) is 0. The third-order valence-electron chi connectivity index (χ3n) is 2.87. The molecule has 0 aromatic rings.